The van der Waals surface area contributed by atoms with Crippen molar-refractivity contribution in [1.82, 2.24) is 10.7 Å². The summed E-state index contributed by atoms with van der Waals surface area (Å²) in [7, 11) is -7.78. The number of sulfonamides is 1. The molecule has 11 nitrogen and oxygen atoms in total. The molecule has 222 valence electrons. The second-order valence-corrected chi connectivity index (χ2v) is 13.3. The summed E-state index contributed by atoms with van der Waals surface area (Å²) in [5.74, 6) is 0. The van der Waals surface area contributed by atoms with Gasteiger partial charge in [-0.1, -0.05) is 64.7 Å². The first-order valence-corrected chi connectivity index (χ1v) is 16.9. The predicted molar refractivity (Wildman–Crippen MR) is 161 cm³/mol. The first kappa shape index (κ1) is 33.4. The molecular formula is C28H38N6O5S2. The lowest BCUT2D eigenvalue weighted by Crippen LogP contribution is -2.39. The molecule has 0 aliphatic heterocycles. The minimum Gasteiger partial charge on any atom is -0.337 e. The second-order valence-electron chi connectivity index (χ2n) is 9.65. The van der Waals surface area contributed by atoms with Crippen molar-refractivity contribution in [3.05, 3.63) is 59.2 Å². The van der Waals surface area contributed by atoms with Crippen LogP contribution in [-0.4, -0.2) is 35.7 Å². The van der Waals surface area contributed by atoms with Crippen LogP contribution < -0.4 is 20.9 Å². The molecule has 0 aliphatic carbocycles. The van der Waals surface area contributed by atoms with E-state index < -0.39 is 25.9 Å². The van der Waals surface area contributed by atoms with Crippen molar-refractivity contribution in [3.63, 3.8) is 0 Å². The summed E-state index contributed by atoms with van der Waals surface area (Å²) in [6, 6.07) is 6.73. The molecule has 0 saturated carbocycles. The molecule has 13 heteroatoms. The summed E-state index contributed by atoms with van der Waals surface area (Å²) in [4.78, 5) is 18.4. The number of hydrazine groups is 1. The Bertz CT molecular complexity index is 1460. The number of unbranched alkanes of at least 4 members (excludes halogenated alkanes) is 9. The number of anilines is 2. The van der Waals surface area contributed by atoms with Gasteiger partial charge in [-0.3, -0.25) is 25.3 Å². The molecule has 0 aromatic heterocycles. The average Bonchev–Trinajstić information content (AvgIpc) is 2.93. The lowest BCUT2D eigenvalue weighted by molar-refractivity contribution is 0.242. The van der Waals surface area contributed by atoms with Crippen molar-refractivity contribution in [2.24, 2.45) is 0 Å². The summed E-state index contributed by atoms with van der Waals surface area (Å²) >= 11 is 0. The van der Waals surface area contributed by atoms with Crippen molar-refractivity contribution < 1.29 is 21.6 Å². The molecule has 4 N–H and O–H groups in total. The fourth-order valence-corrected chi connectivity index (χ4v) is 6.06. The summed E-state index contributed by atoms with van der Waals surface area (Å²) in [5, 5.41) is 2.72. The van der Waals surface area contributed by atoms with Crippen LogP contribution in [0.3, 0.4) is 0 Å². The molecule has 0 fully saturated rings. The smallest absolute Gasteiger partial charge is 0.333 e. The Balaban J connectivity index is 2.01. The van der Waals surface area contributed by atoms with E-state index in [-0.39, 0.29) is 32.5 Å². The number of carbonyl (C=O) groups excluding carboxylic acids is 1. The maximum Gasteiger partial charge on any atom is 0.333 e. The number of amides is 2. The highest BCUT2D eigenvalue weighted by molar-refractivity contribution is 7.92. The van der Waals surface area contributed by atoms with E-state index in [1.165, 1.54) is 75.3 Å². The zero-order chi connectivity index (χ0) is 30.3. The second kappa shape index (κ2) is 16.5. The highest BCUT2D eigenvalue weighted by atomic mass is 32.2. The van der Waals surface area contributed by atoms with Crippen LogP contribution in [0.4, 0.5) is 27.5 Å². The van der Waals surface area contributed by atoms with Gasteiger partial charge in [0, 0.05) is 12.2 Å². The molecule has 0 atom stereocenters. The number of nitrogens with zero attached hydrogens (tertiary/aromatic N) is 2. The van der Waals surface area contributed by atoms with E-state index in [9.17, 15) is 21.6 Å². The zero-order valence-corrected chi connectivity index (χ0v) is 25.1. The van der Waals surface area contributed by atoms with Crippen LogP contribution in [0.25, 0.3) is 9.69 Å². The Labute approximate surface area is 243 Å². The summed E-state index contributed by atoms with van der Waals surface area (Å²) in [6.45, 7) is 17.4. The topological polar surface area (TPSA) is 142 Å². The van der Waals surface area contributed by atoms with E-state index >= 15 is 0 Å². The van der Waals surface area contributed by atoms with Gasteiger partial charge in [0.2, 0.25) is 19.9 Å². The molecule has 2 aromatic carbocycles. The molecular weight excluding hydrogens is 564 g/mol. The van der Waals surface area contributed by atoms with Crippen molar-refractivity contribution in [2.75, 3.05) is 22.9 Å². The Morgan fingerprint density at radius 2 is 1.34 bits per heavy atom. The van der Waals surface area contributed by atoms with Gasteiger partial charge < -0.3 is 5.32 Å². The number of nitrogens with one attached hydrogen (secondary N) is 4. The number of carbonyl (C=O) groups is 1. The average molecular weight is 603 g/mol. The van der Waals surface area contributed by atoms with E-state index in [1.807, 2.05) is 0 Å². The van der Waals surface area contributed by atoms with Gasteiger partial charge in [-0.05, 0) is 42.8 Å². The van der Waals surface area contributed by atoms with E-state index in [1.54, 1.807) is 0 Å². The maximum absolute atomic E-state index is 13.5. The number of benzene rings is 2. The zero-order valence-electron chi connectivity index (χ0n) is 23.5. The van der Waals surface area contributed by atoms with Crippen LogP contribution in [0.5, 0.6) is 0 Å². The van der Waals surface area contributed by atoms with Crippen LogP contribution in [-0.2, 0) is 19.9 Å². The molecule has 0 heterocycles. The molecule has 41 heavy (non-hydrogen) atoms. The van der Waals surface area contributed by atoms with E-state index in [2.05, 4.69) is 37.5 Å². The molecule has 2 aromatic rings. The lowest BCUT2D eigenvalue weighted by Gasteiger charge is -2.16. The Morgan fingerprint density at radius 1 is 0.805 bits per heavy atom. The first-order chi connectivity index (χ1) is 19.5. The van der Waals surface area contributed by atoms with Gasteiger partial charge in [-0.15, -0.1) is 0 Å². The van der Waals surface area contributed by atoms with E-state index in [4.69, 9.17) is 13.1 Å². The molecule has 2 rings (SSSR count). The monoisotopic (exact) mass is 602 g/mol. The largest absolute Gasteiger partial charge is 0.337 e. The number of hydrogen-bond acceptors (Lipinski definition) is 6. The van der Waals surface area contributed by atoms with Crippen LogP contribution in [0.2, 0.25) is 0 Å². The minimum atomic E-state index is -4.23. The third kappa shape index (κ3) is 11.3. The number of urea groups is 1. The number of hydrogen-bond donors (Lipinski definition) is 4. The molecule has 2 amide bonds. The van der Waals surface area contributed by atoms with Gasteiger partial charge in [-0.2, -0.15) is 0 Å². The Kier molecular flexibility index (Phi) is 13.4. The third-order valence-electron chi connectivity index (χ3n) is 6.20. The van der Waals surface area contributed by atoms with Gasteiger partial charge in [0.15, 0.2) is 11.4 Å². The van der Waals surface area contributed by atoms with Gasteiger partial charge in [0.1, 0.15) is 0 Å². The van der Waals surface area contributed by atoms with Crippen molar-refractivity contribution in [3.8, 4) is 0 Å². The summed E-state index contributed by atoms with van der Waals surface area (Å²) in [6.07, 6.45) is 12.7. The summed E-state index contributed by atoms with van der Waals surface area (Å²) < 4.78 is 52.1. The molecule has 0 aliphatic rings. The highest BCUT2D eigenvalue weighted by Crippen LogP contribution is 2.38. The van der Waals surface area contributed by atoms with Crippen molar-refractivity contribution >= 4 is 48.6 Å². The first-order valence-electron chi connectivity index (χ1n) is 13.6. The predicted octanol–water partition coefficient (Wildman–Crippen LogP) is 6.54. The molecule has 0 saturated heterocycles. The molecule has 0 bridgehead atoms. The van der Waals surface area contributed by atoms with E-state index in [0.29, 0.717) is 6.54 Å². The third-order valence-corrected chi connectivity index (χ3v) is 8.62. The van der Waals surface area contributed by atoms with Crippen LogP contribution in [0, 0.1) is 13.1 Å². The number of sulfone groups is 1. The van der Waals surface area contributed by atoms with Gasteiger partial charge >= 0.3 is 6.03 Å². The van der Waals surface area contributed by atoms with Gasteiger partial charge in [0.05, 0.1) is 34.9 Å². The van der Waals surface area contributed by atoms with Crippen molar-refractivity contribution in [1.29, 1.82) is 0 Å². The number of rotatable bonds is 17. The fourth-order valence-electron chi connectivity index (χ4n) is 4.08. The quantitative estimate of drug-likeness (QED) is 0.0920. The molecule has 0 radical (unpaired) electrons. The Hall–Kier alpha value is -3.81. The SMILES string of the molecule is [C-]#[N+]c1cc(NNC(=O)NCCCCCCCCCCCC)c(S(=O)(=O)c2ccc(NS(C)(=O)=O)cc2)cc1[N+]#[C-]. The summed E-state index contributed by atoms with van der Waals surface area (Å²) in [5.41, 5.74) is 4.81. The van der Waals surface area contributed by atoms with Gasteiger partial charge in [-0.25, -0.2) is 21.6 Å². The van der Waals surface area contributed by atoms with Crippen LogP contribution >= 0.6 is 0 Å². The van der Waals surface area contributed by atoms with Crippen LogP contribution in [0.15, 0.2) is 46.2 Å². The van der Waals surface area contributed by atoms with Crippen LogP contribution in [0.1, 0.15) is 71.1 Å². The van der Waals surface area contributed by atoms with Gasteiger partial charge in [0.25, 0.3) is 0 Å². The molecule has 0 spiro atoms. The normalized spacial score (nSPS) is 11.2. The lowest BCUT2D eigenvalue weighted by atomic mass is 10.1. The molecule has 0 unspecified atom stereocenters. The van der Waals surface area contributed by atoms with Crippen molar-refractivity contribution in [2.45, 2.75) is 80.9 Å². The Morgan fingerprint density at radius 3 is 1.88 bits per heavy atom. The standard InChI is InChI=1S/C28H38N6O5S2/c1-5-6-7-8-9-10-11-12-13-14-19-31-28(35)33-32-26-20-24(29-2)25(30-3)21-27(26)41(38,39)23-17-15-22(16-18-23)34-40(4,36)37/h15-18,20-21,32,34H,5-14,19H2,1,4H3,(H2,31,33,35). The maximum atomic E-state index is 13.5. The fraction of sp³-hybridized carbons (Fsp3) is 0.464. The highest BCUT2D eigenvalue weighted by Gasteiger charge is 2.24. The van der Waals surface area contributed by atoms with E-state index in [0.717, 1.165) is 31.6 Å². The minimum absolute atomic E-state index is 0.0817.